The van der Waals surface area contributed by atoms with E-state index in [4.69, 9.17) is 5.73 Å². The van der Waals surface area contributed by atoms with Gasteiger partial charge in [-0.2, -0.15) is 5.10 Å². The van der Waals surface area contributed by atoms with Crippen LogP contribution in [0, 0.1) is 6.92 Å². The van der Waals surface area contributed by atoms with Crippen LogP contribution in [-0.4, -0.2) is 29.4 Å². The Morgan fingerprint density at radius 2 is 2.29 bits per heavy atom. The second-order valence-electron chi connectivity index (χ2n) is 3.57. The van der Waals surface area contributed by atoms with Gasteiger partial charge in [-0.3, -0.25) is 0 Å². The van der Waals surface area contributed by atoms with Gasteiger partial charge in [-0.05, 0) is 6.92 Å². The smallest absolute Gasteiger partial charge is 0.349 e. The standard InChI is InChI=1S/C9H9N7O/c1-5-11-7(15-3-2-6(10)14-15)4-8-12-13-9(17)16(5)8/h2-4H,1H3,(H2,10,14)(H,13,17). The van der Waals surface area contributed by atoms with Crippen LogP contribution in [0.1, 0.15) is 5.82 Å². The molecule has 3 aromatic heterocycles. The number of H-pyrrole nitrogens is 1. The second kappa shape index (κ2) is 3.17. The van der Waals surface area contributed by atoms with Crippen molar-refractivity contribution in [3.8, 4) is 5.82 Å². The minimum Gasteiger partial charge on any atom is -0.382 e. The van der Waals surface area contributed by atoms with Crippen molar-refractivity contribution in [2.24, 2.45) is 0 Å². The highest BCUT2D eigenvalue weighted by atomic mass is 16.1. The van der Waals surface area contributed by atoms with E-state index in [-0.39, 0.29) is 5.69 Å². The molecular weight excluding hydrogens is 222 g/mol. The van der Waals surface area contributed by atoms with Gasteiger partial charge in [-0.1, -0.05) is 0 Å². The van der Waals surface area contributed by atoms with Crippen LogP contribution in [0.2, 0.25) is 0 Å². The molecule has 0 spiro atoms. The van der Waals surface area contributed by atoms with E-state index in [1.165, 1.54) is 9.08 Å². The number of rotatable bonds is 1. The van der Waals surface area contributed by atoms with Gasteiger partial charge in [0.25, 0.3) is 0 Å². The molecule has 0 amide bonds. The van der Waals surface area contributed by atoms with Crippen LogP contribution < -0.4 is 11.4 Å². The molecule has 86 valence electrons. The first-order chi connectivity index (χ1) is 8.15. The molecule has 0 fully saturated rings. The summed E-state index contributed by atoms with van der Waals surface area (Å²) in [4.78, 5) is 15.7. The van der Waals surface area contributed by atoms with E-state index in [2.05, 4.69) is 20.3 Å². The molecule has 0 saturated heterocycles. The first kappa shape index (κ1) is 9.58. The maximum atomic E-state index is 11.4. The highest BCUT2D eigenvalue weighted by molar-refractivity contribution is 5.44. The fourth-order valence-electron chi connectivity index (χ4n) is 1.67. The average molecular weight is 231 g/mol. The van der Waals surface area contributed by atoms with Gasteiger partial charge in [-0.25, -0.2) is 24.0 Å². The zero-order valence-electron chi connectivity index (χ0n) is 8.95. The van der Waals surface area contributed by atoms with E-state index in [0.717, 1.165) is 0 Å². The summed E-state index contributed by atoms with van der Waals surface area (Å²) in [5.74, 6) is 1.50. The molecule has 3 heterocycles. The van der Waals surface area contributed by atoms with Crippen molar-refractivity contribution in [1.82, 2.24) is 29.4 Å². The van der Waals surface area contributed by atoms with Gasteiger partial charge in [0.05, 0.1) is 0 Å². The zero-order valence-corrected chi connectivity index (χ0v) is 8.95. The third-order valence-corrected chi connectivity index (χ3v) is 2.40. The first-order valence-electron chi connectivity index (χ1n) is 4.91. The van der Waals surface area contributed by atoms with E-state index >= 15 is 0 Å². The lowest BCUT2D eigenvalue weighted by molar-refractivity contribution is 0.821. The van der Waals surface area contributed by atoms with Gasteiger partial charge >= 0.3 is 5.69 Å². The lowest BCUT2D eigenvalue weighted by Gasteiger charge is -2.02. The number of aromatic amines is 1. The minimum atomic E-state index is -0.309. The molecule has 0 saturated carbocycles. The molecule has 0 unspecified atom stereocenters. The van der Waals surface area contributed by atoms with Gasteiger partial charge in [0, 0.05) is 18.3 Å². The maximum absolute atomic E-state index is 11.4. The van der Waals surface area contributed by atoms with E-state index in [1.54, 1.807) is 25.3 Å². The third-order valence-electron chi connectivity index (χ3n) is 2.40. The number of nitrogens with zero attached hydrogens (tertiary/aromatic N) is 5. The van der Waals surface area contributed by atoms with Crippen LogP contribution in [0.15, 0.2) is 23.1 Å². The van der Waals surface area contributed by atoms with Crippen LogP contribution in [0.4, 0.5) is 5.82 Å². The van der Waals surface area contributed by atoms with E-state index in [1.807, 2.05) is 0 Å². The Morgan fingerprint density at radius 1 is 1.47 bits per heavy atom. The Labute approximate surface area is 94.7 Å². The van der Waals surface area contributed by atoms with Gasteiger partial charge in [0.15, 0.2) is 11.5 Å². The molecule has 8 heteroatoms. The maximum Gasteiger partial charge on any atom is 0.349 e. The molecule has 17 heavy (non-hydrogen) atoms. The summed E-state index contributed by atoms with van der Waals surface area (Å²) in [6.45, 7) is 1.72. The molecule has 3 aromatic rings. The summed E-state index contributed by atoms with van der Waals surface area (Å²) >= 11 is 0. The number of fused-ring (bicyclic) bond motifs is 1. The minimum absolute atomic E-state index is 0.309. The van der Waals surface area contributed by atoms with E-state index in [9.17, 15) is 4.79 Å². The zero-order chi connectivity index (χ0) is 12.0. The SMILES string of the molecule is Cc1nc(-n2ccc(N)n2)cc2n[nH]c(=O)n12. The van der Waals surface area contributed by atoms with Crippen molar-refractivity contribution in [1.29, 1.82) is 0 Å². The topological polar surface area (TPSA) is 107 Å². The largest absolute Gasteiger partial charge is 0.382 e. The van der Waals surface area contributed by atoms with Gasteiger partial charge in [0.1, 0.15) is 11.6 Å². The van der Waals surface area contributed by atoms with Gasteiger partial charge in [-0.15, -0.1) is 5.10 Å². The van der Waals surface area contributed by atoms with Gasteiger partial charge in [0.2, 0.25) is 0 Å². The summed E-state index contributed by atoms with van der Waals surface area (Å²) in [6.07, 6.45) is 1.69. The summed E-state index contributed by atoms with van der Waals surface area (Å²) in [7, 11) is 0. The molecule has 0 aliphatic heterocycles. The van der Waals surface area contributed by atoms with Crippen molar-refractivity contribution in [3.63, 3.8) is 0 Å². The Morgan fingerprint density at radius 3 is 3.00 bits per heavy atom. The highest BCUT2D eigenvalue weighted by Crippen LogP contribution is 2.08. The molecule has 0 aliphatic carbocycles. The normalized spacial score (nSPS) is 11.1. The number of anilines is 1. The van der Waals surface area contributed by atoms with Crippen LogP contribution in [0.25, 0.3) is 11.5 Å². The second-order valence-corrected chi connectivity index (χ2v) is 3.57. The lowest BCUT2D eigenvalue weighted by atomic mass is 10.5. The molecule has 0 aromatic carbocycles. The third kappa shape index (κ3) is 1.38. The number of aromatic nitrogens is 6. The first-order valence-corrected chi connectivity index (χ1v) is 4.91. The van der Waals surface area contributed by atoms with Crippen molar-refractivity contribution in [2.45, 2.75) is 6.92 Å². The van der Waals surface area contributed by atoms with Crippen molar-refractivity contribution < 1.29 is 0 Å². The summed E-state index contributed by atoms with van der Waals surface area (Å²) in [5.41, 5.74) is 5.72. The number of aryl methyl sites for hydroxylation is 1. The van der Waals surface area contributed by atoms with Crippen molar-refractivity contribution in [3.05, 3.63) is 34.6 Å². The van der Waals surface area contributed by atoms with E-state index in [0.29, 0.717) is 23.1 Å². The Balaban J connectivity index is 2.29. The Kier molecular flexibility index (Phi) is 1.79. The Hall–Kier alpha value is -2.64. The highest BCUT2D eigenvalue weighted by Gasteiger charge is 2.08. The predicted octanol–water partition coefficient (Wildman–Crippen LogP) is -0.506. The van der Waals surface area contributed by atoms with Crippen molar-refractivity contribution >= 4 is 11.5 Å². The van der Waals surface area contributed by atoms with Crippen LogP contribution in [0.3, 0.4) is 0 Å². The predicted molar refractivity (Wildman–Crippen MR) is 59.9 cm³/mol. The summed E-state index contributed by atoms with van der Waals surface area (Å²) in [5, 5.41) is 10.3. The molecule has 0 atom stereocenters. The average Bonchev–Trinajstić information content (AvgIpc) is 2.86. The Bertz CT molecular complexity index is 750. The lowest BCUT2D eigenvalue weighted by Crippen LogP contribution is -2.14. The fourth-order valence-corrected chi connectivity index (χ4v) is 1.67. The fraction of sp³-hybridized carbons (Fsp3) is 0.111. The molecule has 0 bridgehead atoms. The van der Waals surface area contributed by atoms with Crippen LogP contribution >= 0.6 is 0 Å². The quantitative estimate of drug-likeness (QED) is 0.586. The van der Waals surface area contributed by atoms with Gasteiger partial charge < -0.3 is 5.73 Å². The molecule has 0 radical (unpaired) electrons. The number of nitrogens with two attached hydrogens (primary N) is 1. The molecule has 3 N–H and O–H groups in total. The molecule has 3 rings (SSSR count). The summed E-state index contributed by atoms with van der Waals surface area (Å²) in [6, 6.07) is 3.31. The monoisotopic (exact) mass is 231 g/mol. The van der Waals surface area contributed by atoms with Crippen molar-refractivity contribution in [2.75, 3.05) is 5.73 Å². The molecular formula is C9H9N7O. The number of hydrogen-bond acceptors (Lipinski definition) is 5. The number of nitrogen functional groups attached to an aromatic ring is 1. The summed E-state index contributed by atoms with van der Waals surface area (Å²) < 4.78 is 2.91. The number of hydrogen-bond donors (Lipinski definition) is 2. The van der Waals surface area contributed by atoms with Crippen LogP contribution in [-0.2, 0) is 0 Å². The molecule has 8 nitrogen and oxygen atoms in total. The number of nitrogens with one attached hydrogen (secondary N) is 1. The van der Waals surface area contributed by atoms with Crippen LogP contribution in [0.5, 0.6) is 0 Å². The molecule has 0 aliphatic rings. The van der Waals surface area contributed by atoms with E-state index < -0.39 is 0 Å².